The minimum absolute atomic E-state index is 0.0443. The Hall–Kier alpha value is -0.910. The number of rotatable bonds is 9. The summed E-state index contributed by atoms with van der Waals surface area (Å²) in [6, 6.07) is 0. The third-order valence-corrected chi connectivity index (χ3v) is 6.90. The highest BCUT2D eigenvalue weighted by Gasteiger charge is 2.40. The van der Waals surface area contributed by atoms with Crippen molar-refractivity contribution in [3.63, 3.8) is 0 Å². The number of aliphatic hydroxyl groups is 1. The van der Waals surface area contributed by atoms with Crippen molar-refractivity contribution in [2.45, 2.75) is 83.5 Å². The van der Waals surface area contributed by atoms with Crippen LogP contribution < -0.4 is 0 Å². The number of carbonyl (C=O) groups excluding carboxylic acids is 1. The Labute approximate surface area is 164 Å². The summed E-state index contributed by atoms with van der Waals surface area (Å²) in [5, 5.41) is 9.87. The number of methoxy groups -OCH3 is 1. The van der Waals surface area contributed by atoms with Gasteiger partial charge in [0.1, 0.15) is 12.7 Å². The van der Waals surface area contributed by atoms with Crippen molar-refractivity contribution >= 4 is 5.97 Å². The van der Waals surface area contributed by atoms with Crippen molar-refractivity contribution < 1.29 is 24.1 Å². The number of hydrogen-bond acceptors (Lipinski definition) is 5. The van der Waals surface area contributed by atoms with E-state index in [2.05, 4.69) is 20.4 Å². The predicted molar refractivity (Wildman–Crippen MR) is 105 cm³/mol. The number of aliphatic hydroxyl groups excluding tert-OH is 1. The average Bonchev–Trinajstić information content (AvgIpc) is 2.70. The smallest absolute Gasteiger partial charge is 0.330 e. The molecular weight excluding hydrogens is 344 g/mol. The van der Waals surface area contributed by atoms with Crippen LogP contribution in [-0.4, -0.2) is 49.7 Å². The molecule has 2 aliphatic rings. The number of hydrogen-bond donors (Lipinski definition) is 1. The molecule has 5 nitrogen and oxygen atoms in total. The van der Waals surface area contributed by atoms with Gasteiger partial charge in [-0.1, -0.05) is 20.4 Å². The second-order valence-electron chi connectivity index (χ2n) is 8.83. The maximum absolute atomic E-state index is 11.0. The van der Waals surface area contributed by atoms with Crippen LogP contribution >= 0.6 is 0 Å². The van der Waals surface area contributed by atoms with Gasteiger partial charge in [0.25, 0.3) is 0 Å². The van der Waals surface area contributed by atoms with Crippen LogP contribution in [0.1, 0.15) is 65.2 Å². The van der Waals surface area contributed by atoms with E-state index < -0.39 is 12.1 Å². The zero-order valence-corrected chi connectivity index (χ0v) is 17.3. The summed E-state index contributed by atoms with van der Waals surface area (Å²) in [5.74, 6) is 1.00. The molecule has 0 aromatic rings. The summed E-state index contributed by atoms with van der Waals surface area (Å²) in [6.45, 7) is 8.41. The largest absolute Gasteiger partial charge is 0.460 e. The van der Waals surface area contributed by atoms with E-state index in [1.165, 1.54) is 38.5 Å². The summed E-state index contributed by atoms with van der Waals surface area (Å²) >= 11 is 0. The molecule has 27 heavy (non-hydrogen) atoms. The first-order valence-electron chi connectivity index (χ1n) is 10.5. The second-order valence-corrected chi connectivity index (χ2v) is 8.83. The number of carbonyl (C=O) groups is 1. The van der Waals surface area contributed by atoms with Crippen molar-refractivity contribution in [2.24, 2.45) is 17.3 Å². The van der Waals surface area contributed by atoms with Crippen LogP contribution in [0.25, 0.3) is 0 Å². The van der Waals surface area contributed by atoms with E-state index in [-0.39, 0.29) is 19.3 Å². The average molecular weight is 383 g/mol. The maximum atomic E-state index is 11.0. The van der Waals surface area contributed by atoms with Gasteiger partial charge in [0, 0.05) is 13.2 Å². The summed E-state index contributed by atoms with van der Waals surface area (Å²) in [4.78, 5) is 11.0. The van der Waals surface area contributed by atoms with Gasteiger partial charge in [-0.3, -0.25) is 0 Å². The van der Waals surface area contributed by atoms with Gasteiger partial charge in [-0.15, -0.1) is 0 Å². The van der Waals surface area contributed by atoms with Crippen molar-refractivity contribution in [3.8, 4) is 0 Å². The first kappa shape index (κ1) is 22.4. The number of ether oxygens (including phenoxy) is 3. The van der Waals surface area contributed by atoms with Crippen LogP contribution in [0.4, 0.5) is 0 Å². The first-order valence-corrected chi connectivity index (χ1v) is 10.5. The fourth-order valence-electron chi connectivity index (χ4n) is 4.88. The van der Waals surface area contributed by atoms with Gasteiger partial charge in [0.15, 0.2) is 0 Å². The molecule has 5 heteroatoms. The molecule has 2 saturated carbocycles. The lowest BCUT2D eigenvalue weighted by Gasteiger charge is -2.46. The topological polar surface area (TPSA) is 65.0 Å². The Morgan fingerprint density at radius 1 is 1.04 bits per heavy atom. The maximum Gasteiger partial charge on any atom is 0.330 e. The van der Waals surface area contributed by atoms with E-state index in [9.17, 15) is 9.90 Å². The zero-order chi connectivity index (χ0) is 19.9. The molecule has 0 heterocycles. The van der Waals surface area contributed by atoms with Gasteiger partial charge < -0.3 is 19.3 Å². The molecule has 0 aromatic heterocycles. The summed E-state index contributed by atoms with van der Waals surface area (Å²) in [5.41, 5.74) is 0.363. The van der Waals surface area contributed by atoms with E-state index in [0.717, 1.165) is 30.8 Å². The van der Waals surface area contributed by atoms with Crippen LogP contribution in [-0.2, 0) is 19.0 Å². The molecule has 1 N–H and O–H groups in total. The molecular formula is C22H38O5. The minimum Gasteiger partial charge on any atom is -0.460 e. The van der Waals surface area contributed by atoms with Crippen LogP contribution in [0.15, 0.2) is 12.7 Å². The van der Waals surface area contributed by atoms with Crippen molar-refractivity contribution in [1.82, 2.24) is 0 Å². The lowest BCUT2D eigenvalue weighted by Crippen LogP contribution is -2.39. The predicted octanol–water partition coefficient (Wildman–Crippen LogP) is 3.88. The van der Waals surface area contributed by atoms with E-state index in [4.69, 9.17) is 14.2 Å². The highest BCUT2D eigenvalue weighted by atomic mass is 16.5. The molecule has 0 aliphatic heterocycles. The van der Waals surface area contributed by atoms with Crippen molar-refractivity contribution in [1.29, 1.82) is 0 Å². The van der Waals surface area contributed by atoms with Gasteiger partial charge in [0.05, 0.1) is 18.8 Å². The molecule has 2 fully saturated rings. The van der Waals surface area contributed by atoms with Crippen LogP contribution in [0.5, 0.6) is 0 Å². The standard InChI is InChI=1S/C22H38O5/c1-5-21(24)27-15-18(23)14-26-20-12-8-17(9-13-20)22(2,3)16-6-10-19(25-4)11-7-16/h5,16-20,23H,1,6-15H2,2-4H3. The van der Waals surface area contributed by atoms with Crippen LogP contribution in [0, 0.1) is 17.3 Å². The third kappa shape index (κ3) is 6.58. The Morgan fingerprint density at radius 3 is 2.04 bits per heavy atom. The molecule has 156 valence electrons. The Bertz CT molecular complexity index is 459. The molecule has 2 aliphatic carbocycles. The van der Waals surface area contributed by atoms with Crippen LogP contribution in [0.2, 0.25) is 0 Å². The molecule has 0 aromatic carbocycles. The van der Waals surface area contributed by atoms with Gasteiger partial charge in [-0.25, -0.2) is 4.79 Å². The Kier molecular flexibility index (Phi) is 8.77. The molecule has 0 spiro atoms. The van der Waals surface area contributed by atoms with Gasteiger partial charge in [-0.05, 0) is 68.6 Å². The molecule has 1 unspecified atom stereocenters. The third-order valence-electron chi connectivity index (χ3n) is 6.90. The summed E-state index contributed by atoms with van der Waals surface area (Å²) in [6.07, 6.45) is 10.4. The monoisotopic (exact) mass is 382 g/mol. The summed E-state index contributed by atoms with van der Waals surface area (Å²) < 4.78 is 16.2. The molecule has 0 bridgehead atoms. The van der Waals surface area contributed by atoms with E-state index in [1.807, 2.05) is 7.11 Å². The van der Waals surface area contributed by atoms with E-state index in [0.29, 0.717) is 11.5 Å². The van der Waals surface area contributed by atoms with E-state index in [1.54, 1.807) is 0 Å². The first-order chi connectivity index (χ1) is 12.9. The second kappa shape index (κ2) is 10.6. The van der Waals surface area contributed by atoms with E-state index >= 15 is 0 Å². The van der Waals surface area contributed by atoms with Crippen molar-refractivity contribution in [3.05, 3.63) is 12.7 Å². The number of esters is 1. The zero-order valence-electron chi connectivity index (χ0n) is 17.3. The lowest BCUT2D eigenvalue weighted by atomic mass is 9.60. The quantitative estimate of drug-likeness (QED) is 0.484. The van der Waals surface area contributed by atoms with Gasteiger partial charge in [-0.2, -0.15) is 0 Å². The van der Waals surface area contributed by atoms with Crippen LogP contribution in [0.3, 0.4) is 0 Å². The Morgan fingerprint density at radius 2 is 1.56 bits per heavy atom. The SMILES string of the molecule is C=CC(=O)OCC(O)COC1CCC(C(C)(C)C2CCC(OC)CC2)CC1. The summed E-state index contributed by atoms with van der Waals surface area (Å²) in [7, 11) is 1.83. The molecule has 0 radical (unpaired) electrons. The van der Waals surface area contributed by atoms with Gasteiger partial charge in [0.2, 0.25) is 0 Å². The fraction of sp³-hybridized carbons (Fsp3) is 0.864. The highest BCUT2D eigenvalue weighted by Crippen LogP contribution is 2.48. The molecule has 0 amide bonds. The fourth-order valence-corrected chi connectivity index (χ4v) is 4.88. The minimum atomic E-state index is -0.779. The molecule has 0 saturated heterocycles. The normalized spacial score (nSPS) is 30.5. The molecule has 1 atom stereocenters. The van der Waals surface area contributed by atoms with Crippen molar-refractivity contribution in [2.75, 3.05) is 20.3 Å². The molecule has 2 rings (SSSR count). The van der Waals surface area contributed by atoms with Gasteiger partial charge >= 0.3 is 5.97 Å². The lowest BCUT2D eigenvalue weighted by molar-refractivity contribution is -0.142. The highest BCUT2D eigenvalue weighted by molar-refractivity contribution is 5.81. The Balaban J connectivity index is 1.69.